The van der Waals surface area contributed by atoms with Crippen LogP contribution in [-0.4, -0.2) is 11.9 Å². The number of carbonyl (C=O) groups is 1. The van der Waals surface area contributed by atoms with Crippen molar-refractivity contribution < 1.29 is 9.53 Å². The number of thiophene rings is 1. The number of hydrogen-bond donors (Lipinski definition) is 0. The fourth-order valence-electron chi connectivity index (χ4n) is 2.27. The van der Waals surface area contributed by atoms with Gasteiger partial charge >= 0.3 is 5.97 Å². The topological polar surface area (TPSA) is 38.7 Å². The van der Waals surface area contributed by atoms with E-state index in [-0.39, 0.29) is 0 Å². The zero-order valence-corrected chi connectivity index (χ0v) is 15.1. The molecule has 3 rings (SSSR count). The molecule has 0 spiro atoms. The van der Waals surface area contributed by atoms with Crippen molar-refractivity contribution in [2.24, 2.45) is 4.99 Å². The molecule has 2 aromatic rings. The quantitative estimate of drug-likeness (QED) is 0.520. The minimum atomic E-state index is -0.403. The van der Waals surface area contributed by atoms with Crippen LogP contribution in [0.2, 0.25) is 0 Å². The first-order valence-electron chi connectivity index (χ1n) is 7.51. The Balaban J connectivity index is 1.79. The molecule has 0 amide bonds. The lowest BCUT2D eigenvalue weighted by molar-refractivity contribution is -0.129. The van der Waals surface area contributed by atoms with Crippen LogP contribution in [0.25, 0.3) is 6.08 Å². The van der Waals surface area contributed by atoms with Gasteiger partial charge in [-0.15, -0.1) is 11.3 Å². The molecule has 1 aliphatic rings. The molecule has 0 saturated carbocycles. The average Bonchev–Trinajstić information content (AvgIpc) is 3.12. The summed E-state index contributed by atoms with van der Waals surface area (Å²) in [5, 5.41) is 1.96. The first-order chi connectivity index (χ1) is 11.2. The Morgan fingerprint density at radius 1 is 1.30 bits per heavy atom. The molecule has 3 nitrogen and oxygen atoms in total. The van der Waals surface area contributed by atoms with E-state index >= 15 is 0 Å². The number of unbranched alkanes of at least 4 members (excludes halogenated alkanes) is 1. The molecule has 23 heavy (non-hydrogen) atoms. The third-order valence-electron chi connectivity index (χ3n) is 3.51. The van der Waals surface area contributed by atoms with Gasteiger partial charge < -0.3 is 4.74 Å². The van der Waals surface area contributed by atoms with Crippen molar-refractivity contribution in [2.45, 2.75) is 26.2 Å². The second-order valence-corrected chi connectivity index (χ2v) is 7.16. The van der Waals surface area contributed by atoms with Crippen LogP contribution in [0.3, 0.4) is 0 Å². The van der Waals surface area contributed by atoms with E-state index in [1.807, 2.05) is 23.6 Å². The molecule has 0 bridgehead atoms. The normalized spacial score (nSPS) is 15.8. The highest BCUT2D eigenvalue weighted by Gasteiger charge is 2.24. The molecule has 1 aliphatic heterocycles. The zero-order valence-electron chi connectivity index (χ0n) is 12.7. The summed E-state index contributed by atoms with van der Waals surface area (Å²) in [5.41, 5.74) is 2.46. The van der Waals surface area contributed by atoms with Crippen LogP contribution in [0.4, 0.5) is 0 Å². The number of aliphatic imine (C=N–C) groups is 1. The maximum atomic E-state index is 12.0. The fourth-order valence-corrected chi connectivity index (χ4v) is 3.64. The Bertz CT molecular complexity index is 775. The smallest absolute Gasteiger partial charge is 0.363 e. The summed E-state index contributed by atoms with van der Waals surface area (Å²) in [6.45, 7) is 2.18. The molecule has 0 fully saturated rings. The van der Waals surface area contributed by atoms with Crippen molar-refractivity contribution in [3.05, 3.63) is 61.9 Å². The van der Waals surface area contributed by atoms with Gasteiger partial charge in [0.25, 0.3) is 0 Å². The van der Waals surface area contributed by atoms with E-state index in [4.69, 9.17) is 4.74 Å². The third-order valence-corrected chi connectivity index (χ3v) is 5.15. The monoisotopic (exact) mass is 389 g/mol. The van der Waals surface area contributed by atoms with Crippen LogP contribution < -0.4 is 0 Å². The second-order valence-electron chi connectivity index (χ2n) is 5.30. The standard InChI is InChI=1S/C18H16BrNO2S/c1-2-3-4-12-5-7-13(8-6-12)17-20-16(18(21)22-17)10-15-9-14(19)11-23-15/h5-11H,2-4H2,1H3. The number of aryl methyl sites for hydroxylation is 1. The molecule has 0 unspecified atom stereocenters. The summed E-state index contributed by atoms with van der Waals surface area (Å²) in [5.74, 6) is -0.0292. The van der Waals surface area contributed by atoms with Crippen LogP contribution in [0, 0.1) is 0 Å². The predicted octanol–water partition coefficient (Wildman–Crippen LogP) is 5.20. The molecule has 2 heterocycles. The highest BCUT2D eigenvalue weighted by Crippen LogP contribution is 2.25. The first kappa shape index (κ1) is 16.1. The van der Waals surface area contributed by atoms with Crippen molar-refractivity contribution in [3.63, 3.8) is 0 Å². The molecule has 1 aromatic carbocycles. The first-order valence-corrected chi connectivity index (χ1v) is 9.19. The van der Waals surface area contributed by atoms with Crippen molar-refractivity contribution in [1.82, 2.24) is 0 Å². The van der Waals surface area contributed by atoms with E-state index in [9.17, 15) is 4.79 Å². The van der Waals surface area contributed by atoms with Crippen LogP contribution in [0.15, 0.2) is 50.9 Å². The average molecular weight is 390 g/mol. The molecule has 1 aromatic heterocycles. The molecule has 0 aliphatic carbocycles. The Morgan fingerprint density at radius 2 is 2.09 bits per heavy atom. The molecule has 0 saturated heterocycles. The molecule has 0 atom stereocenters. The molecule has 0 radical (unpaired) electrons. The maximum Gasteiger partial charge on any atom is 0.363 e. The van der Waals surface area contributed by atoms with Crippen LogP contribution >= 0.6 is 27.3 Å². The van der Waals surface area contributed by atoms with Gasteiger partial charge in [0.1, 0.15) is 0 Å². The summed E-state index contributed by atoms with van der Waals surface area (Å²) in [4.78, 5) is 17.3. The second kappa shape index (κ2) is 7.23. The minimum absolute atomic E-state index is 0.337. The van der Waals surface area contributed by atoms with Gasteiger partial charge in [0, 0.05) is 20.3 Å². The number of hydrogen-bond acceptors (Lipinski definition) is 4. The third kappa shape index (κ3) is 3.98. The van der Waals surface area contributed by atoms with E-state index in [1.165, 1.54) is 18.4 Å². The predicted molar refractivity (Wildman–Crippen MR) is 97.7 cm³/mol. The number of halogens is 1. The van der Waals surface area contributed by atoms with Crippen molar-refractivity contribution in [3.8, 4) is 0 Å². The Morgan fingerprint density at radius 3 is 2.74 bits per heavy atom. The van der Waals surface area contributed by atoms with E-state index in [0.717, 1.165) is 21.3 Å². The van der Waals surface area contributed by atoms with E-state index in [1.54, 1.807) is 17.4 Å². The maximum absolute atomic E-state index is 12.0. The van der Waals surface area contributed by atoms with Gasteiger partial charge in [0.15, 0.2) is 5.70 Å². The molecule has 5 heteroatoms. The van der Waals surface area contributed by atoms with Gasteiger partial charge in [-0.2, -0.15) is 0 Å². The number of carbonyl (C=O) groups excluding carboxylic acids is 1. The lowest BCUT2D eigenvalue weighted by Crippen LogP contribution is -2.05. The van der Waals surface area contributed by atoms with Gasteiger partial charge in [-0.3, -0.25) is 0 Å². The van der Waals surface area contributed by atoms with Gasteiger partial charge in [-0.05, 0) is 58.6 Å². The Labute approximate surface area is 147 Å². The molecule has 0 N–H and O–H groups in total. The number of rotatable bonds is 5. The Hall–Kier alpha value is -1.72. The molecular formula is C18H16BrNO2S. The van der Waals surface area contributed by atoms with Crippen LogP contribution in [0.1, 0.15) is 35.8 Å². The van der Waals surface area contributed by atoms with Crippen LogP contribution in [-0.2, 0) is 16.0 Å². The number of benzene rings is 1. The van der Waals surface area contributed by atoms with Gasteiger partial charge in [-0.25, -0.2) is 9.79 Å². The zero-order chi connectivity index (χ0) is 16.2. The summed E-state index contributed by atoms with van der Waals surface area (Å²) < 4.78 is 6.29. The highest BCUT2D eigenvalue weighted by atomic mass is 79.9. The van der Waals surface area contributed by atoms with Crippen molar-refractivity contribution >= 4 is 45.2 Å². The number of nitrogens with zero attached hydrogens (tertiary/aromatic N) is 1. The number of esters is 1. The lowest BCUT2D eigenvalue weighted by atomic mass is 10.1. The fraction of sp³-hybridized carbons (Fsp3) is 0.222. The van der Waals surface area contributed by atoms with Crippen molar-refractivity contribution in [1.29, 1.82) is 0 Å². The SMILES string of the molecule is CCCCc1ccc(C2=NC(=Cc3cc(Br)cs3)C(=O)O2)cc1. The molecular weight excluding hydrogens is 374 g/mol. The number of cyclic esters (lactones) is 1. The van der Waals surface area contributed by atoms with Gasteiger partial charge in [0.05, 0.1) is 0 Å². The highest BCUT2D eigenvalue weighted by molar-refractivity contribution is 9.10. The number of ether oxygens (including phenoxy) is 1. The van der Waals surface area contributed by atoms with Gasteiger partial charge in [0.2, 0.25) is 5.90 Å². The molecule has 118 valence electrons. The van der Waals surface area contributed by atoms with Crippen molar-refractivity contribution in [2.75, 3.05) is 0 Å². The minimum Gasteiger partial charge on any atom is -0.402 e. The summed E-state index contributed by atoms with van der Waals surface area (Å²) in [7, 11) is 0. The Kier molecular flexibility index (Phi) is 5.08. The van der Waals surface area contributed by atoms with Crippen LogP contribution in [0.5, 0.6) is 0 Å². The summed E-state index contributed by atoms with van der Waals surface area (Å²) in [6.07, 6.45) is 5.18. The van der Waals surface area contributed by atoms with E-state index in [2.05, 4.69) is 40.0 Å². The lowest BCUT2D eigenvalue weighted by Gasteiger charge is -2.02. The summed E-state index contributed by atoms with van der Waals surface area (Å²) in [6, 6.07) is 10.0. The van der Waals surface area contributed by atoms with E-state index in [0.29, 0.717) is 11.6 Å². The van der Waals surface area contributed by atoms with Gasteiger partial charge in [-0.1, -0.05) is 25.5 Å². The largest absolute Gasteiger partial charge is 0.402 e. The van der Waals surface area contributed by atoms with E-state index < -0.39 is 5.97 Å². The summed E-state index contributed by atoms with van der Waals surface area (Å²) >= 11 is 4.94.